The van der Waals surface area contributed by atoms with E-state index in [2.05, 4.69) is 62.9 Å². The molecule has 1 saturated heterocycles. The van der Waals surface area contributed by atoms with Gasteiger partial charge in [-0.1, -0.05) is 18.2 Å². The number of methoxy groups -OCH3 is 1. The average Bonchev–Trinajstić information content (AvgIpc) is 3.36. The highest BCUT2D eigenvalue weighted by Gasteiger charge is 2.42. The molecule has 6 nitrogen and oxygen atoms in total. The van der Waals surface area contributed by atoms with Crippen LogP contribution in [0.3, 0.4) is 0 Å². The van der Waals surface area contributed by atoms with Gasteiger partial charge in [-0.05, 0) is 73.6 Å². The van der Waals surface area contributed by atoms with E-state index in [1.54, 1.807) is 13.3 Å². The SMILES string of the molecule is COc1cccc(N2C(=S)N[C@@H](c3ccccn3)[C@H]2c2cc(C)n(Cc3cccnc3)c2C)c1. The fraction of sp³-hybridized carbons (Fsp3) is 0.222. The average molecular weight is 470 g/mol. The number of pyridine rings is 2. The third kappa shape index (κ3) is 4.03. The molecule has 3 aromatic heterocycles. The number of rotatable bonds is 6. The van der Waals surface area contributed by atoms with Crippen LogP contribution >= 0.6 is 12.2 Å². The molecular weight excluding hydrogens is 442 g/mol. The molecule has 0 saturated carbocycles. The zero-order valence-electron chi connectivity index (χ0n) is 19.5. The quantitative estimate of drug-likeness (QED) is 0.395. The van der Waals surface area contributed by atoms with E-state index in [4.69, 9.17) is 17.0 Å². The lowest BCUT2D eigenvalue weighted by Gasteiger charge is -2.28. The Bertz CT molecular complexity index is 1310. The summed E-state index contributed by atoms with van der Waals surface area (Å²) in [6.45, 7) is 5.10. The molecule has 4 heterocycles. The van der Waals surface area contributed by atoms with Crippen LogP contribution in [0.15, 0.2) is 79.3 Å². The third-order valence-corrected chi connectivity index (χ3v) is 6.74. The van der Waals surface area contributed by atoms with Gasteiger partial charge in [-0.25, -0.2) is 0 Å². The molecule has 0 bridgehead atoms. The van der Waals surface area contributed by atoms with Crippen molar-refractivity contribution < 1.29 is 4.74 Å². The van der Waals surface area contributed by atoms with E-state index in [1.165, 1.54) is 22.5 Å². The normalized spacial score (nSPS) is 17.6. The number of aromatic nitrogens is 3. The van der Waals surface area contributed by atoms with E-state index < -0.39 is 0 Å². The molecule has 1 aliphatic rings. The number of thiocarbonyl (C=S) groups is 1. The van der Waals surface area contributed by atoms with Crippen LogP contribution in [0.1, 0.15) is 40.3 Å². The minimum Gasteiger partial charge on any atom is -0.497 e. The van der Waals surface area contributed by atoms with E-state index in [-0.39, 0.29) is 12.1 Å². The maximum atomic E-state index is 5.88. The molecule has 172 valence electrons. The lowest BCUT2D eigenvalue weighted by Crippen LogP contribution is -2.29. The summed E-state index contributed by atoms with van der Waals surface area (Å²) >= 11 is 5.88. The third-order valence-electron chi connectivity index (χ3n) is 6.42. The van der Waals surface area contributed by atoms with Crippen LogP contribution in [0.25, 0.3) is 0 Å². The first kappa shape index (κ1) is 22.1. The van der Waals surface area contributed by atoms with Gasteiger partial charge in [0.2, 0.25) is 0 Å². The number of hydrogen-bond donors (Lipinski definition) is 1. The zero-order chi connectivity index (χ0) is 23.7. The number of nitrogens with zero attached hydrogens (tertiary/aromatic N) is 4. The minimum absolute atomic E-state index is 0.0663. The highest BCUT2D eigenvalue weighted by atomic mass is 32.1. The minimum atomic E-state index is -0.0905. The Morgan fingerprint density at radius 2 is 1.91 bits per heavy atom. The van der Waals surface area contributed by atoms with Crippen molar-refractivity contribution in [1.29, 1.82) is 0 Å². The summed E-state index contributed by atoms with van der Waals surface area (Å²) in [6, 6.07) is 20.2. The summed E-state index contributed by atoms with van der Waals surface area (Å²) in [6.07, 6.45) is 5.56. The van der Waals surface area contributed by atoms with Gasteiger partial charge in [-0.15, -0.1) is 0 Å². The van der Waals surface area contributed by atoms with Crippen molar-refractivity contribution >= 4 is 23.0 Å². The van der Waals surface area contributed by atoms with Crippen molar-refractivity contribution in [3.8, 4) is 5.75 Å². The molecule has 0 amide bonds. The van der Waals surface area contributed by atoms with Crippen molar-refractivity contribution in [3.63, 3.8) is 0 Å². The van der Waals surface area contributed by atoms with Crippen LogP contribution in [0, 0.1) is 13.8 Å². The molecule has 0 spiro atoms. The molecule has 7 heteroatoms. The molecule has 34 heavy (non-hydrogen) atoms. The van der Waals surface area contributed by atoms with Gasteiger partial charge in [0.15, 0.2) is 5.11 Å². The monoisotopic (exact) mass is 469 g/mol. The molecular formula is C27H27N5OS. The molecule has 5 rings (SSSR count). The van der Waals surface area contributed by atoms with Crippen molar-refractivity contribution in [2.24, 2.45) is 0 Å². The first-order chi connectivity index (χ1) is 16.6. The maximum absolute atomic E-state index is 5.88. The molecule has 0 aliphatic carbocycles. The van der Waals surface area contributed by atoms with E-state index in [1.807, 2.05) is 48.8 Å². The molecule has 1 N–H and O–H groups in total. The summed E-state index contributed by atoms with van der Waals surface area (Å²) in [5.41, 5.74) is 6.72. The molecule has 4 aromatic rings. The number of nitrogens with one attached hydrogen (secondary N) is 1. The van der Waals surface area contributed by atoms with Crippen LogP contribution in [0.2, 0.25) is 0 Å². The van der Waals surface area contributed by atoms with Gasteiger partial charge in [-0.3, -0.25) is 9.97 Å². The van der Waals surface area contributed by atoms with E-state index in [0.717, 1.165) is 23.7 Å². The van der Waals surface area contributed by atoms with Crippen LogP contribution < -0.4 is 15.0 Å². The number of aryl methyl sites for hydroxylation is 1. The molecule has 1 aliphatic heterocycles. The largest absolute Gasteiger partial charge is 0.497 e. The fourth-order valence-electron chi connectivity index (χ4n) is 4.75. The fourth-order valence-corrected chi connectivity index (χ4v) is 5.10. The maximum Gasteiger partial charge on any atom is 0.174 e. The molecule has 2 atom stereocenters. The van der Waals surface area contributed by atoms with Crippen molar-refractivity contribution in [3.05, 3.63) is 107 Å². The van der Waals surface area contributed by atoms with E-state index in [0.29, 0.717) is 5.11 Å². The van der Waals surface area contributed by atoms with Crippen LogP contribution in [-0.4, -0.2) is 26.8 Å². The van der Waals surface area contributed by atoms with Gasteiger partial charge in [0.1, 0.15) is 5.75 Å². The number of ether oxygens (including phenoxy) is 1. The van der Waals surface area contributed by atoms with Crippen molar-refractivity contribution in [2.75, 3.05) is 12.0 Å². The van der Waals surface area contributed by atoms with Gasteiger partial charge < -0.3 is 19.5 Å². The van der Waals surface area contributed by atoms with Crippen LogP contribution in [0.5, 0.6) is 5.75 Å². The second kappa shape index (κ2) is 9.27. The standard InChI is InChI=1S/C27H27N5OS/c1-18-14-23(19(2)31(18)17-20-8-7-12-28-16-20)26-25(24-11-4-5-13-29-24)30-27(34)32(26)21-9-6-10-22(15-21)33-3/h4-16,25-26H,17H2,1-3H3,(H,30,34)/t25-,26+/m0/s1. The van der Waals surface area contributed by atoms with Crippen molar-refractivity contribution in [1.82, 2.24) is 19.9 Å². The van der Waals surface area contributed by atoms with Crippen LogP contribution in [-0.2, 0) is 6.54 Å². The predicted molar refractivity (Wildman–Crippen MR) is 138 cm³/mol. The summed E-state index contributed by atoms with van der Waals surface area (Å²) in [5.74, 6) is 0.794. The number of anilines is 1. The Morgan fingerprint density at radius 1 is 1.03 bits per heavy atom. The summed E-state index contributed by atoms with van der Waals surface area (Å²) in [5, 5.41) is 4.22. The first-order valence-electron chi connectivity index (χ1n) is 11.3. The predicted octanol–water partition coefficient (Wildman–Crippen LogP) is 5.13. The Morgan fingerprint density at radius 3 is 2.65 bits per heavy atom. The summed E-state index contributed by atoms with van der Waals surface area (Å²) in [7, 11) is 1.68. The highest BCUT2D eigenvalue weighted by Crippen LogP contribution is 2.43. The smallest absolute Gasteiger partial charge is 0.174 e. The van der Waals surface area contributed by atoms with Gasteiger partial charge in [0.05, 0.1) is 24.9 Å². The zero-order valence-corrected chi connectivity index (χ0v) is 20.3. The molecule has 1 fully saturated rings. The lowest BCUT2D eigenvalue weighted by atomic mass is 9.96. The lowest BCUT2D eigenvalue weighted by molar-refractivity contribution is 0.415. The van der Waals surface area contributed by atoms with Crippen molar-refractivity contribution in [2.45, 2.75) is 32.5 Å². The molecule has 1 aromatic carbocycles. The van der Waals surface area contributed by atoms with Gasteiger partial charge in [0, 0.05) is 48.3 Å². The van der Waals surface area contributed by atoms with Gasteiger partial charge in [0.25, 0.3) is 0 Å². The Balaban J connectivity index is 1.62. The summed E-state index contributed by atoms with van der Waals surface area (Å²) < 4.78 is 7.84. The second-order valence-corrected chi connectivity index (χ2v) is 8.86. The number of benzene rings is 1. The van der Waals surface area contributed by atoms with E-state index >= 15 is 0 Å². The topological polar surface area (TPSA) is 55.2 Å². The Kier molecular flexibility index (Phi) is 6.02. The molecule has 0 radical (unpaired) electrons. The highest BCUT2D eigenvalue weighted by molar-refractivity contribution is 7.80. The Labute approximate surface area is 205 Å². The molecule has 0 unspecified atom stereocenters. The second-order valence-electron chi connectivity index (χ2n) is 8.47. The summed E-state index contributed by atoms with van der Waals surface area (Å²) in [4.78, 5) is 11.1. The van der Waals surface area contributed by atoms with E-state index in [9.17, 15) is 0 Å². The Hall–Kier alpha value is -3.71. The first-order valence-corrected chi connectivity index (χ1v) is 11.7. The van der Waals surface area contributed by atoms with Gasteiger partial charge in [-0.2, -0.15) is 0 Å². The van der Waals surface area contributed by atoms with Crippen LogP contribution in [0.4, 0.5) is 5.69 Å². The number of hydrogen-bond acceptors (Lipinski definition) is 4. The van der Waals surface area contributed by atoms with Gasteiger partial charge >= 0.3 is 0 Å².